The Labute approximate surface area is 173 Å². The van der Waals surface area contributed by atoms with Crippen molar-refractivity contribution < 1.29 is 14.3 Å². The number of nitrogens with zero attached hydrogens (tertiary/aromatic N) is 4. The van der Waals surface area contributed by atoms with Crippen LogP contribution >= 0.6 is 11.3 Å². The molecule has 1 fully saturated rings. The van der Waals surface area contributed by atoms with Crippen LogP contribution in [-0.4, -0.2) is 66.8 Å². The lowest BCUT2D eigenvalue weighted by atomic mass is 10.1. The summed E-state index contributed by atoms with van der Waals surface area (Å²) >= 11 is 1.59. The lowest BCUT2D eigenvalue weighted by molar-refractivity contribution is 0.0736. The maximum Gasteiger partial charge on any atom is 0.257 e. The van der Waals surface area contributed by atoms with Crippen LogP contribution in [0.5, 0.6) is 5.75 Å². The zero-order valence-electron chi connectivity index (χ0n) is 16.4. The highest BCUT2D eigenvalue weighted by Gasteiger charge is 2.25. The van der Waals surface area contributed by atoms with Gasteiger partial charge in [-0.1, -0.05) is 23.5 Å². The van der Waals surface area contributed by atoms with Crippen molar-refractivity contribution in [3.8, 4) is 5.75 Å². The predicted octanol–water partition coefficient (Wildman–Crippen LogP) is 3.07. The maximum atomic E-state index is 13.1. The Morgan fingerprint density at radius 2 is 1.93 bits per heavy atom. The predicted molar refractivity (Wildman–Crippen MR) is 114 cm³/mol. The second-order valence-corrected chi connectivity index (χ2v) is 7.60. The van der Waals surface area contributed by atoms with E-state index < -0.39 is 0 Å². The summed E-state index contributed by atoms with van der Waals surface area (Å²) in [4.78, 5) is 27.2. The molecule has 0 saturated carbocycles. The van der Waals surface area contributed by atoms with Gasteiger partial charge in [-0.05, 0) is 31.2 Å². The van der Waals surface area contributed by atoms with Gasteiger partial charge in [-0.2, -0.15) is 0 Å². The zero-order chi connectivity index (χ0) is 20.1. The molecule has 3 heterocycles. The van der Waals surface area contributed by atoms with Crippen molar-refractivity contribution in [2.75, 3.05) is 50.9 Å². The largest absolute Gasteiger partial charge is 0.490 e. The van der Waals surface area contributed by atoms with Gasteiger partial charge in [0.25, 0.3) is 5.91 Å². The smallest absolute Gasteiger partial charge is 0.257 e. The molecule has 0 aliphatic carbocycles. The van der Waals surface area contributed by atoms with Gasteiger partial charge in [0, 0.05) is 39.0 Å². The number of rotatable bonds is 7. The molecular formula is C21H24N4O3S. The second-order valence-electron chi connectivity index (χ2n) is 6.64. The number of ether oxygens (including phenoxy) is 2. The average molecular weight is 413 g/mol. The minimum Gasteiger partial charge on any atom is -0.490 e. The summed E-state index contributed by atoms with van der Waals surface area (Å²) in [7, 11) is 0. The molecule has 2 aromatic heterocycles. The minimum absolute atomic E-state index is 0.00243. The van der Waals surface area contributed by atoms with Crippen molar-refractivity contribution in [2.24, 2.45) is 0 Å². The zero-order valence-corrected chi connectivity index (χ0v) is 17.2. The summed E-state index contributed by atoms with van der Waals surface area (Å²) in [5.41, 5.74) is 1.52. The van der Waals surface area contributed by atoms with Crippen LogP contribution < -0.4 is 9.64 Å². The van der Waals surface area contributed by atoms with Crippen molar-refractivity contribution in [3.63, 3.8) is 0 Å². The van der Waals surface area contributed by atoms with Gasteiger partial charge < -0.3 is 19.3 Å². The standard InChI is InChI=1S/C21H24N4O3S/c1-2-27-14-15-28-18-8-4-3-6-16(18)20(26)24-10-12-25(13-11-24)21-23-17-7-5-9-22-19(17)29-21/h3-9H,2,10-15H2,1H3. The van der Waals surface area contributed by atoms with E-state index in [9.17, 15) is 4.79 Å². The van der Waals surface area contributed by atoms with E-state index in [0.29, 0.717) is 44.2 Å². The lowest BCUT2D eigenvalue weighted by Gasteiger charge is -2.34. The van der Waals surface area contributed by atoms with Gasteiger partial charge in [0.1, 0.15) is 22.7 Å². The Balaban J connectivity index is 1.39. The fourth-order valence-electron chi connectivity index (χ4n) is 3.29. The highest BCUT2D eigenvalue weighted by atomic mass is 32.1. The molecule has 1 aromatic carbocycles. The average Bonchev–Trinajstić information content (AvgIpc) is 3.21. The molecular weight excluding hydrogens is 388 g/mol. The molecule has 29 heavy (non-hydrogen) atoms. The number of amides is 1. The number of hydrogen-bond donors (Lipinski definition) is 0. The van der Waals surface area contributed by atoms with E-state index in [1.54, 1.807) is 17.5 Å². The number of piperazine rings is 1. The Morgan fingerprint density at radius 3 is 2.72 bits per heavy atom. The van der Waals surface area contributed by atoms with Gasteiger partial charge in [0.05, 0.1) is 12.2 Å². The van der Waals surface area contributed by atoms with Gasteiger partial charge in [-0.15, -0.1) is 0 Å². The van der Waals surface area contributed by atoms with E-state index >= 15 is 0 Å². The summed E-state index contributed by atoms with van der Waals surface area (Å²) in [6.45, 7) is 6.33. The first kappa shape index (κ1) is 19.6. The van der Waals surface area contributed by atoms with Gasteiger partial charge in [-0.3, -0.25) is 4.79 Å². The van der Waals surface area contributed by atoms with Gasteiger partial charge in [0.15, 0.2) is 5.13 Å². The molecule has 0 N–H and O–H groups in total. The molecule has 0 radical (unpaired) electrons. The first-order valence-corrected chi connectivity index (χ1v) is 10.6. The highest BCUT2D eigenvalue weighted by molar-refractivity contribution is 7.21. The van der Waals surface area contributed by atoms with E-state index in [1.165, 1.54) is 0 Å². The SMILES string of the molecule is CCOCCOc1ccccc1C(=O)N1CCN(c2nc3cccnc3s2)CC1. The van der Waals surface area contributed by atoms with Gasteiger partial charge in [0.2, 0.25) is 0 Å². The topological polar surface area (TPSA) is 67.8 Å². The number of pyridine rings is 1. The molecule has 0 unspecified atom stereocenters. The Hall–Kier alpha value is -2.71. The van der Waals surface area contributed by atoms with Crippen molar-refractivity contribution in [1.29, 1.82) is 0 Å². The quantitative estimate of drug-likeness (QED) is 0.556. The van der Waals surface area contributed by atoms with Crippen molar-refractivity contribution in [2.45, 2.75) is 6.92 Å². The van der Waals surface area contributed by atoms with Crippen LogP contribution in [0, 0.1) is 0 Å². The van der Waals surface area contributed by atoms with Crippen LogP contribution in [0.2, 0.25) is 0 Å². The van der Waals surface area contributed by atoms with Gasteiger partial charge in [-0.25, -0.2) is 9.97 Å². The monoisotopic (exact) mass is 412 g/mol. The van der Waals surface area contributed by atoms with Crippen LogP contribution in [-0.2, 0) is 4.74 Å². The fraction of sp³-hybridized carbons (Fsp3) is 0.381. The third-order valence-corrected chi connectivity index (χ3v) is 5.84. The number of anilines is 1. The van der Waals surface area contributed by atoms with Crippen molar-refractivity contribution in [3.05, 3.63) is 48.2 Å². The van der Waals surface area contributed by atoms with E-state index in [0.717, 1.165) is 28.6 Å². The Kier molecular flexibility index (Phi) is 6.21. The molecule has 1 aliphatic heterocycles. The number of carbonyl (C=O) groups excluding carboxylic acids is 1. The van der Waals surface area contributed by atoms with Crippen LogP contribution in [0.3, 0.4) is 0 Å². The second kappa shape index (κ2) is 9.19. The van der Waals surface area contributed by atoms with E-state index in [-0.39, 0.29) is 5.91 Å². The van der Waals surface area contributed by atoms with Crippen molar-refractivity contribution >= 4 is 32.7 Å². The fourth-order valence-corrected chi connectivity index (χ4v) is 4.25. The molecule has 0 atom stereocenters. The number of carbonyl (C=O) groups is 1. The van der Waals surface area contributed by atoms with Crippen molar-refractivity contribution in [1.82, 2.24) is 14.9 Å². The Bertz CT molecular complexity index is 936. The van der Waals surface area contributed by atoms with Crippen LogP contribution in [0.4, 0.5) is 5.13 Å². The molecule has 0 bridgehead atoms. The van der Waals surface area contributed by atoms with Crippen LogP contribution in [0.25, 0.3) is 10.3 Å². The summed E-state index contributed by atoms with van der Waals surface area (Å²) in [5, 5.41) is 0.963. The lowest BCUT2D eigenvalue weighted by Crippen LogP contribution is -2.48. The number of aromatic nitrogens is 2. The maximum absolute atomic E-state index is 13.1. The normalized spacial score (nSPS) is 14.4. The van der Waals surface area contributed by atoms with E-state index in [4.69, 9.17) is 9.47 Å². The number of benzene rings is 1. The summed E-state index contributed by atoms with van der Waals surface area (Å²) < 4.78 is 11.1. The molecule has 1 amide bonds. The molecule has 7 nitrogen and oxygen atoms in total. The summed E-state index contributed by atoms with van der Waals surface area (Å²) in [6, 6.07) is 11.3. The first-order chi connectivity index (χ1) is 14.3. The number of hydrogen-bond acceptors (Lipinski definition) is 7. The number of para-hydroxylation sites is 1. The highest BCUT2D eigenvalue weighted by Crippen LogP contribution is 2.28. The molecule has 152 valence electrons. The molecule has 3 aromatic rings. The Morgan fingerprint density at radius 1 is 1.10 bits per heavy atom. The molecule has 4 rings (SSSR count). The van der Waals surface area contributed by atoms with Crippen LogP contribution in [0.15, 0.2) is 42.6 Å². The van der Waals surface area contributed by atoms with E-state index in [2.05, 4.69) is 14.9 Å². The minimum atomic E-state index is 0.00243. The third kappa shape index (κ3) is 4.49. The molecule has 0 spiro atoms. The molecule has 1 saturated heterocycles. The first-order valence-electron chi connectivity index (χ1n) is 9.81. The summed E-state index contributed by atoms with van der Waals surface area (Å²) in [6.07, 6.45) is 1.79. The van der Waals surface area contributed by atoms with Gasteiger partial charge >= 0.3 is 0 Å². The molecule has 8 heteroatoms. The summed E-state index contributed by atoms with van der Waals surface area (Å²) in [5.74, 6) is 0.611. The number of thiazole rings is 1. The van der Waals surface area contributed by atoms with Crippen LogP contribution in [0.1, 0.15) is 17.3 Å². The van der Waals surface area contributed by atoms with E-state index in [1.807, 2.05) is 48.2 Å². The third-order valence-electron chi connectivity index (χ3n) is 4.80. The number of fused-ring (bicyclic) bond motifs is 1. The molecule has 1 aliphatic rings.